The summed E-state index contributed by atoms with van der Waals surface area (Å²) in [6.07, 6.45) is 8.65. The molecule has 18 heavy (non-hydrogen) atoms. The number of amidine groups is 1. The molecule has 3 N–H and O–H groups in total. The summed E-state index contributed by atoms with van der Waals surface area (Å²) in [5, 5.41) is 0. The van der Waals surface area contributed by atoms with Crippen molar-refractivity contribution in [3.05, 3.63) is 30.3 Å². The van der Waals surface area contributed by atoms with Gasteiger partial charge < -0.3 is 5.43 Å². The zero-order chi connectivity index (χ0) is 13.1. The maximum Gasteiger partial charge on any atom is 0.116 e. The summed E-state index contributed by atoms with van der Waals surface area (Å²) in [5.74, 6) is 6.37. The first-order valence-electron chi connectivity index (χ1n) is 6.96. The smallest absolute Gasteiger partial charge is 0.116 e. The van der Waals surface area contributed by atoms with Gasteiger partial charge in [0.05, 0.1) is 5.69 Å². The lowest BCUT2D eigenvalue weighted by molar-refractivity contribution is 0.613. The van der Waals surface area contributed by atoms with Crippen molar-refractivity contribution in [1.82, 2.24) is 5.43 Å². The molecule has 1 aromatic rings. The molecule has 0 amide bonds. The summed E-state index contributed by atoms with van der Waals surface area (Å²) >= 11 is 0. The lowest BCUT2D eigenvalue weighted by Crippen LogP contribution is -2.29. The van der Waals surface area contributed by atoms with E-state index >= 15 is 0 Å². The normalized spacial score (nSPS) is 11.6. The van der Waals surface area contributed by atoms with Gasteiger partial charge >= 0.3 is 0 Å². The Morgan fingerprint density at radius 2 is 1.72 bits per heavy atom. The zero-order valence-electron chi connectivity index (χ0n) is 11.4. The van der Waals surface area contributed by atoms with Gasteiger partial charge in [-0.2, -0.15) is 0 Å². The zero-order valence-corrected chi connectivity index (χ0v) is 11.4. The van der Waals surface area contributed by atoms with Crippen LogP contribution in [0.4, 0.5) is 5.69 Å². The number of para-hydroxylation sites is 1. The van der Waals surface area contributed by atoms with Gasteiger partial charge in [-0.1, -0.05) is 57.2 Å². The average Bonchev–Trinajstić information content (AvgIpc) is 2.42. The largest absolute Gasteiger partial charge is 0.312 e. The van der Waals surface area contributed by atoms with Crippen LogP contribution in [0.15, 0.2) is 35.3 Å². The fourth-order valence-electron chi connectivity index (χ4n) is 1.89. The molecule has 0 fully saturated rings. The number of nitrogens with zero attached hydrogens (tertiary/aromatic N) is 1. The van der Waals surface area contributed by atoms with E-state index in [4.69, 9.17) is 5.84 Å². The standard InChI is InChI=1S/C15H25N3/c1-2-3-4-5-6-10-13-15(18-16)17-14-11-8-7-9-12-14/h7-9,11-12H,2-6,10,13,16H2,1H3,(H,17,18). The van der Waals surface area contributed by atoms with E-state index in [1.807, 2.05) is 30.3 Å². The molecule has 0 atom stereocenters. The van der Waals surface area contributed by atoms with Crippen LogP contribution in [0.5, 0.6) is 0 Å². The van der Waals surface area contributed by atoms with E-state index in [1.54, 1.807) is 0 Å². The van der Waals surface area contributed by atoms with Crippen LogP contribution in [0, 0.1) is 0 Å². The third-order valence-electron chi connectivity index (χ3n) is 2.95. The first-order valence-corrected chi connectivity index (χ1v) is 6.96. The number of aliphatic imine (C=N–C) groups is 1. The molecule has 0 spiro atoms. The molecule has 0 heterocycles. The van der Waals surface area contributed by atoms with Crippen molar-refractivity contribution < 1.29 is 0 Å². The van der Waals surface area contributed by atoms with Gasteiger partial charge in [-0.25, -0.2) is 10.8 Å². The first-order chi connectivity index (χ1) is 8.86. The fraction of sp³-hybridized carbons (Fsp3) is 0.533. The highest BCUT2D eigenvalue weighted by atomic mass is 15.2. The number of nitrogens with one attached hydrogen (secondary N) is 1. The Bertz CT molecular complexity index is 333. The van der Waals surface area contributed by atoms with E-state index < -0.39 is 0 Å². The van der Waals surface area contributed by atoms with Crippen LogP contribution in [0.2, 0.25) is 0 Å². The molecule has 0 aliphatic carbocycles. The number of hydrazine groups is 1. The number of hydrogen-bond acceptors (Lipinski definition) is 2. The minimum atomic E-state index is 0.872. The van der Waals surface area contributed by atoms with Crippen LogP contribution in [0.25, 0.3) is 0 Å². The third-order valence-corrected chi connectivity index (χ3v) is 2.95. The van der Waals surface area contributed by atoms with Crippen LogP contribution in [-0.4, -0.2) is 5.84 Å². The summed E-state index contributed by atoms with van der Waals surface area (Å²) < 4.78 is 0. The summed E-state index contributed by atoms with van der Waals surface area (Å²) in [7, 11) is 0. The Labute approximate surface area is 110 Å². The van der Waals surface area contributed by atoms with Crippen LogP contribution in [0.1, 0.15) is 51.9 Å². The molecular weight excluding hydrogens is 222 g/mol. The van der Waals surface area contributed by atoms with Gasteiger partial charge in [-0.3, -0.25) is 0 Å². The number of rotatable bonds is 8. The van der Waals surface area contributed by atoms with E-state index in [0.29, 0.717) is 0 Å². The van der Waals surface area contributed by atoms with E-state index in [1.165, 1.54) is 32.1 Å². The number of nitrogens with two attached hydrogens (primary N) is 1. The molecule has 1 aromatic carbocycles. The second kappa shape index (κ2) is 9.66. The van der Waals surface area contributed by atoms with Crippen molar-refractivity contribution in [3.8, 4) is 0 Å². The van der Waals surface area contributed by atoms with E-state index in [2.05, 4.69) is 17.3 Å². The van der Waals surface area contributed by atoms with Gasteiger partial charge in [0, 0.05) is 6.42 Å². The van der Waals surface area contributed by atoms with Crippen LogP contribution in [-0.2, 0) is 0 Å². The molecule has 0 radical (unpaired) electrons. The number of hydrogen-bond donors (Lipinski definition) is 2. The molecule has 0 aliphatic rings. The third kappa shape index (κ3) is 6.40. The minimum Gasteiger partial charge on any atom is -0.312 e. The predicted octanol–water partition coefficient (Wildman–Crippen LogP) is 3.93. The number of benzene rings is 1. The minimum absolute atomic E-state index is 0.872. The van der Waals surface area contributed by atoms with E-state index in [0.717, 1.165) is 24.4 Å². The fourth-order valence-corrected chi connectivity index (χ4v) is 1.89. The van der Waals surface area contributed by atoms with Crippen molar-refractivity contribution in [2.75, 3.05) is 0 Å². The molecule has 0 saturated carbocycles. The SMILES string of the molecule is CCCCCCCCC(=Nc1ccccc1)NN. The van der Waals surface area contributed by atoms with E-state index in [-0.39, 0.29) is 0 Å². The van der Waals surface area contributed by atoms with Gasteiger partial charge in [-0.15, -0.1) is 0 Å². The lowest BCUT2D eigenvalue weighted by atomic mass is 10.1. The van der Waals surface area contributed by atoms with Crippen molar-refractivity contribution in [2.24, 2.45) is 10.8 Å². The van der Waals surface area contributed by atoms with Gasteiger partial charge in [-0.05, 0) is 18.6 Å². The summed E-state index contributed by atoms with van der Waals surface area (Å²) in [6, 6.07) is 9.93. The first kappa shape index (κ1) is 14.7. The maximum atomic E-state index is 5.50. The highest BCUT2D eigenvalue weighted by Crippen LogP contribution is 2.12. The Hall–Kier alpha value is -1.35. The summed E-state index contributed by atoms with van der Waals surface area (Å²) in [5.41, 5.74) is 3.66. The van der Waals surface area contributed by atoms with Crippen molar-refractivity contribution >= 4 is 11.5 Å². The molecule has 100 valence electrons. The Morgan fingerprint density at radius 1 is 1.06 bits per heavy atom. The monoisotopic (exact) mass is 247 g/mol. The van der Waals surface area contributed by atoms with Crippen molar-refractivity contribution in [3.63, 3.8) is 0 Å². The molecule has 1 rings (SSSR count). The van der Waals surface area contributed by atoms with Crippen LogP contribution >= 0.6 is 0 Å². The highest BCUT2D eigenvalue weighted by Gasteiger charge is 1.98. The lowest BCUT2D eigenvalue weighted by Gasteiger charge is -2.05. The topological polar surface area (TPSA) is 50.4 Å². The molecule has 0 bridgehead atoms. The van der Waals surface area contributed by atoms with Crippen molar-refractivity contribution in [2.45, 2.75) is 51.9 Å². The summed E-state index contributed by atoms with van der Waals surface area (Å²) in [4.78, 5) is 4.49. The van der Waals surface area contributed by atoms with E-state index in [9.17, 15) is 0 Å². The molecule has 3 nitrogen and oxygen atoms in total. The molecular formula is C15H25N3. The molecule has 0 aromatic heterocycles. The second-order valence-electron chi connectivity index (χ2n) is 4.56. The second-order valence-corrected chi connectivity index (χ2v) is 4.56. The van der Waals surface area contributed by atoms with Crippen LogP contribution in [0.3, 0.4) is 0 Å². The quantitative estimate of drug-likeness (QED) is 0.240. The van der Waals surface area contributed by atoms with Gasteiger partial charge in [0.2, 0.25) is 0 Å². The number of unbranched alkanes of at least 4 members (excludes halogenated alkanes) is 5. The Kier molecular flexibility index (Phi) is 7.89. The molecule has 0 aliphatic heterocycles. The molecule has 0 saturated heterocycles. The maximum absolute atomic E-state index is 5.50. The summed E-state index contributed by atoms with van der Waals surface area (Å²) in [6.45, 7) is 2.24. The Balaban J connectivity index is 2.27. The molecule has 0 unspecified atom stereocenters. The average molecular weight is 247 g/mol. The highest BCUT2D eigenvalue weighted by molar-refractivity contribution is 5.84. The van der Waals surface area contributed by atoms with Gasteiger partial charge in [0.15, 0.2) is 0 Å². The van der Waals surface area contributed by atoms with Crippen molar-refractivity contribution in [1.29, 1.82) is 0 Å². The molecule has 3 heteroatoms. The Morgan fingerprint density at radius 3 is 2.39 bits per heavy atom. The van der Waals surface area contributed by atoms with Gasteiger partial charge in [0.25, 0.3) is 0 Å². The van der Waals surface area contributed by atoms with Crippen LogP contribution < -0.4 is 11.3 Å². The predicted molar refractivity (Wildman–Crippen MR) is 78.9 cm³/mol. The van der Waals surface area contributed by atoms with Gasteiger partial charge in [0.1, 0.15) is 5.84 Å².